The van der Waals surface area contributed by atoms with Gasteiger partial charge in [-0.3, -0.25) is 0 Å². The number of hydrogen-bond donors (Lipinski definition) is 2. The molecule has 0 amide bonds. The lowest BCUT2D eigenvalue weighted by Gasteiger charge is -2.13. The average Bonchev–Trinajstić information content (AvgIpc) is 2.65. The zero-order valence-electron chi connectivity index (χ0n) is 9.27. The van der Waals surface area contributed by atoms with Gasteiger partial charge in [0.15, 0.2) is 0 Å². The Hall–Kier alpha value is -1.69. The molecule has 0 radical (unpaired) electrons. The second-order valence-corrected chi connectivity index (χ2v) is 4.16. The first-order valence-corrected chi connectivity index (χ1v) is 5.39. The van der Waals surface area contributed by atoms with Crippen LogP contribution in [-0.2, 0) is 6.18 Å². The van der Waals surface area contributed by atoms with Gasteiger partial charge in [-0.05, 0) is 25.1 Å². The second-order valence-electron chi connectivity index (χ2n) is 3.73. The lowest BCUT2D eigenvalue weighted by molar-refractivity contribution is -0.136. The first-order valence-electron chi connectivity index (χ1n) is 5.01. The highest BCUT2D eigenvalue weighted by atomic mass is 35.5. The number of halogens is 4. The van der Waals surface area contributed by atoms with Gasteiger partial charge in [0.1, 0.15) is 0 Å². The first kappa shape index (κ1) is 12.8. The molecule has 0 unspecified atom stereocenters. The third-order valence-electron chi connectivity index (χ3n) is 2.24. The van der Waals surface area contributed by atoms with Crippen LogP contribution in [0.15, 0.2) is 24.4 Å². The van der Waals surface area contributed by atoms with Crippen LogP contribution in [0.5, 0.6) is 0 Å². The van der Waals surface area contributed by atoms with Crippen LogP contribution < -0.4 is 5.32 Å². The third kappa shape index (κ3) is 2.76. The summed E-state index contributed by atoms with van der Waals surface area (Å²) >= 11 is 5.58. The van der Waals surface area contributed by atoms with Crippen LogP contribution in [0.1, 0.15) is 11.3 Å². The summed E-state index contributed by atoms with van der Waals surface area (Å²) in [5.41, 5.74) is -0.176. The number of aromatic nitrogens is 2. The highest BCUT2D eigenvalue weighted by Crippen LogP contribution is 2.37. The largest absolute Gasteiger partial charge is 0.418 e. The van der Waals surface area contributed by atoms with Gasteiger partial charge in [0.25, 0.3) is 0 Å². The van der Waals surface area contributed by atoms with E-state index in [9.17, 15) is 13.2 Å². The third-order valence-corrected chi connectivity index (χ3v) is 2.48. The highest BCUT2D eigenvalue weighted by molar-refractivity contribution is 6.30. The zero-order chi connectivity index (χ0) is 13.3. The lowest BCUT2D eigenvalue weighted by atomic mass is 10.1. The van der Waals surface area contributed by atoms with Gasteiger partial charge in [-0.2, -0.15) is 13.2 Å². The van der Waals surface area contributed by atoms with E-state index in [0.29, 0.717) is 0 Å². The van der Waals surface area contributed by atoms with Gasteiger partial charge < -0.3 is 10.3 Å². The van der Waals surface area contributed by atoms with Gasteiger partial charge in [-0.1, -0.05) is 11.6 Å². The molecule has 96 valence electrons. The number of aromatic amines is 1. The first-order chi connectivity index (χ1) is 8.36. The SMILES string of the molecule is Cc1cnc(Nc2ccc(Cl)cc2C(F)(F)F)[nH]1. The molecule has 0 aliphatic rings. The van der Waals surface area contributed by atoms with Crippen molar-refractivity contribution in [3.05, 3.63) is 40.7 Å². The van der Waals surface area contributed by atoms with Crippen molar-refractivity contribution in [1.29, 1.82) is 0 Å². The van der Waals surface area contributed by atoms with Crippen LogP contribution in [0, 0.1) is 6.92 Å². The topological polar surface area (TPSA) is 40.7 Å². The standard InChI is InChI=1S/C11H9ClF3N3/c1-6-5-16-10(17-6)18-9-3-2-7(12)4-8(9)11(13,14)15/h2-5H,1H3,(H2,16,17,18). The quantitative estimate of drug-likeness (QED) is 0.865. The Labute approximate surface area is 106 Å². The van der Waals surface area contributed by atoms with Gasteiger partial charge in [-0.25, -0.2) is 4.98 Å². The summed E-state index contributed by atoms with van der Waals surface area (Å²) in [6.45, 7) is 1.75. The second kappa shape index (κ2) is 4.53. The molecule has 2 N–H and O–H groups in total. The summed E-state index contributed by atoms with van der Waals surface area (Å²) in [4.78, 5) is 6.68. The van der Waals surface area contributed by atoms with E-state index in [2.05, 4.69) is 15.3 Å². The lowest BCUT2D eigenvalue weighted by Crippen LogP contribution is -2.09. The van der Waals surface area contributed by atoms with E-state index >= 15 is 0 Å². The number of benzene rings is 1. The molecule has 2 aromatic rings. The van der Waals surface area contributed by atoms with Gasteiger partial charge in [0, 0.05) is 16.9 Å². The molecule has 1 aromatic heterocycles. The zero-order valence-corrected chi connectivity index (χ0v) is 10.0. The van der Waals surface area contributed by atoms with Crippen molar-refractivity contribution in [1.82, 2.24) is 9.97 Å². The minimum Gasteiger partial charge on any atom is -0.328 e. The predicted molar refractivity (Wildman–Crippen MR) is 63.1 cm³/mol. The Bertz CT molecular complexity index is 563. The predicted octanol–water partition coefficient (Wildman–Crippen LogP) is 4.13. The molecule has 0 aliphatic carbocycles. The summed E-state index contributed by atoms with van der Waals surface area (Å²) in [6, 6.07) is 3.53. The van der Waals surface area contributed by atoms with Crippen LogP contribution in [0.25, 0.3) is 0 Å². The Morgan fingerprint density at radius 2 is 2.06 bits per heavy atom. The van der Waals surface area contributed by atoms with Crippen LogP contribution in [0.4, 0.5) is 24.8 Å². The maximum atomic E-state index is 12.8. The minimum atomic E-state index is -4.48. The van der Waals surface area contributed by atoms with Gasteiger partial charge in [0.05, 0.1) is 11.3 Å². The molecule has 2 rings (SSSR count). The average molecular weight is 276 g/mol. The molecule has 0 aliphatic heterocycles. The van der Waals surface area contributed by atoms with Crippen LogP contribution >= 0.6 is 11.6 Å². The molecular weight excluding hydrogens is 267 g/mol. The molecule has 0 spiro atoms. The molecule has 0 saturated carbocycles. The smallest absolute Gasteiger partial charge is 0.328 e. The summed E-state index contributed by atoms with van der Waals surface area (Å²) in [5.74, 6) is 0.250. The fourth-order valence-electron chi connectivity index (χ4n) is 1.46. The molecule has 0 saturated heterocycles. The summed E-state index contributed by atoms with van der Waals surface area (Å²) in [5, 5.41) is 2.61. The number of rotatable bonds is 2. The summed E-state index contributed by atoms with van der Waals surface area (Å²) < 4.78 is 38.4. The van der Waals surface area contributed by atoms with Crippen molar-refractivity contribution in [3.63, 3.8) is 0 Å². The van der Waals surface area contributed by atoms with E-state index in [1.54, 1.807) is 6.92 Å². The van der Waals surface area contributed by atoms with E-state index in [1.165, 1.54) is 18.3 Å². The number of aryl methyl sites for hydroxylation is 1. The number of nitrogens with one attached hydrogen (secondary N) is 2. The van der Waals surface area contributed by atoms with Crippen molar-refractivity contribution < 1.29 is 13.2 Å². The molecular formula is C11H9ClF3N3. The Kier molecular flexibility index (Phi) is 3.21. The highest BCUT2D eigenvalue weighted by Gasteiger charge is 2.34. The molecule has 0 fully saturated rings. The van der Waals surface area contributed by atoms with Crippen molar-refractivity contribution >= 4 is 23.2 Å². The van der Waals surface area contributed by atoms with Crippen LogP contribution in [-0.4, -0.2) is 9.97 Å². The van der Waals surface area contributed by atoms with E-state index in [4.69, 9.17) is 11.6 Å². The normalized spacial score (nSPS) is 11.6. The maximum Gasteiger partial charge on any atom is 0.418 e. The Morgan fingerprint density at radius 3 is 2.61 bits per heavy atom. The van der Waals surface area contributed by atoms with E-state index in [1.807, 2.05) is 0 Å². The molecule has 18 heavy (non-hydrogen) atoms. The number of alkyl halides is 3. The minimum absolute atomic E-state index is 0.0310. The molecule has 1 heterocycles. The Balaban J connectivity index is 2.38. The molecule has 1 aromatic carbocycles. The number of hydrogen-bond acceptors (Lipinski definition) is 2. The van der Waals surface area contributed by atoms with Crippen molar-refractivity contribution in [2.24, 2.45) is 0 Å². The maximum absolute atomic E-state index is 12.8. The van der Waals surface area contributed by atoms with Gasteiger partial charge >= 0.3 is 6.18 Å². The van der Waals surface area contributed by atoms with Crippen molar-refractivity contribution in [2.75, 3.05) is 5.32 Å². The monoisotopic (exact) mass is 275 g/mol. The fraction of sp³-hybridized carbons (Fsp3) is 0.182. The van der Waals surface area contributed by atoms with Crippen molar-refractivity contribution in [3.8, 4) is 0 Å². The number of H-pyrrole nitrogens is 1. The van der Waals surface area contributed by atoms with E-state index in [-0.39, 0.29) is 16.7 Å². The van der Waals surface area contributed by atoms with Gasteiger partial charge in [0.2, 0.25) is 5.95 Å². The molecule has 3 nitrogen and oxygen atoms in total. The number of anilines is 2. The van der Waals surface area contributed by atoms with E-state index < -0.39 is 11.7 Å². The molecule has 7 heteroatoms. The summed E-state index contributed by atoms with van der Waals surface area (Å²) in [6.07, 6.45) is -2.96. The Morgan fingerprint density at radius 1 is 1.33 bits per heavy atom. The number of imidazole rings is 1. The van der Waals surface area contributed by atoms with Crippen LogP contribution in [0.2, 0.25) is 5.02 Å². The van der Waals surface area contributed by atoms with E-state index in [0.717, 1.165) is 11.8 Å². The summed E-state index contributed by atoms with van der Waals surface area (Å²) in [7, 11) is 0. The number of nitrogens with zero attached hydrogens (tertiary/aromatic N) is 1. The van der Waals surface area contributed by atoms with Crippen molar-refractivity contribution in [2.45, 2.75) is 13.1 Å². The van der Waals surface area contributed by atoms with Gasteiger partial charge in [-0.15, -0.1) is 0 Å². The fourth-order valence-corrected chi connectivity index (χ4v) is 1.64. The molecule has 0 bridgehead atoms. The van der Waals surface area contributed by atoms with Crippen LogP contribution in [0.3, 0.4) is 0 Å². The molecule has 0 atom stereocenters.